The standard InChI is InChI=1S/C5H11NO2.ClH/c1-6-2-4(7)5(8)3-6;/h4-5,7-8H,2-3H2,1H3;1H/t4-,5+;. The maximum atomic E-state index is 8.88. The van der Waals surface area contributed by atoms with E-state index in [4.69, 9.17) is 10.2 Å². The van der Waals surface area contributed by atoms with Crippen LogP contribution in [0.3, 0.4) is 0 Å². The number of likely N-dealkylation sites (tertiary alicyclic amines) is 1. The summed E-state index contributed by atoms with van der Waals surface area (Å²) in [5.41, 5.74) is 0. The first-order valence-electron chi connectivity index (χ1n) is 2.75. The van der Waals surface area contributed by atoms with Gasteiger partial charge in [-0.05, 0) is 7.05 Å². The summed E-state index contributed by atoms with van der Waals surface area (Å²) in [4.78, 5) is 1.90. The van der Waals surface area contributed by atoms with E-state index < -0.39 is 12.2 Å². The fourth-order valence-corrected chi connectivity index (χ4v) is 0.957. The minimum absolute atomic E-state index is 0. The monoisotopic (exact) mass is 153 g/mol. The number of hydrogen-bond acceptors (Lipinski definition) is 3. The lowest BCUT2D eigenvalue weighted by Crippen LogP contribution is -2.22. The number of likely N-dealkylation sites (N-methyl/N-ethyl adjacent to an activating group) is 1. The van der Waals surface area contributed by atoms with E-state index in [-0.39, 0.29) is 12.4 Å². The molecule has 0 aromatic carbocycles. The molecule has 1 saturated heterocycles. The molecule has 0 aromatic rings. The second kappa shape index (κ2) is 3.37. The topological polar surface area (TPSA) is 43.7 Å². The molecule has 0 bridgehead atoms. The molecule has 1 aliphatic rings. The van der Waals surface area contributed by atoms with Crippen LogP contribution in [0.5, 0.6) is 0 Å². The van der Waals surface area contributed by atoms with Crippen LogP contribution in [0.15, 0.2) is 0 Å². The van der Waals surface area contributed by atoms with Crippen LogP contribution in [0.4, 0.5) is 0 Å². The maximum Gasteiger partial charge on any atom is 0.0938 e. The van der Waals surface area contributed by atoms with Gasteiger partial charge in [-0.3, -0.25) is 0 Å². The largest absolute Gasteiger partial charge is 0.389 e. The van der Waals surface area contributed by atoms with Crippen LogP contribution in [0.25, 0.3) is 0 Å². The number of nitrogens with zero attached hydrogens (tertiary/aromatic N) is 1. The van der Waals surface area contributed by atoms with Crippen LogP contribution in [-0.4, -0.2) is 47.5 Å². The van der Waals surface area contributed by atoms with Gasteiger partial charge in [0, 0.05) is 13.1 Å². The second-order valence-corrected chi connectivity index (χ2v) is 2.36. The predicted octanol–water partition coefficient (Wildman–Crippen LogP) is -0.925. The van der Waals surface area contributed by atoms with Crippen molar-refractivity contribution in [2.45, 2.75) is 12.2 Å². The molecule has 0 amide bonds. The molecule has 0 saturated carbocycles. The Bertz CT molecular complexity index is 81.0. The number of hydrogen-bond donors (Lipinski definition) is 2. The molecule has 1 rings (SSSR count). The van der Waals surface area contributed by atoms with Gasteiger partial charge in [-0.1, -0.05) is 0 Å². The van der Waals surface area contributed by atoms with Crippen LogP contribution in [0, 0.1) is 0 Å². The first-order valence-corrected chi connectivity index (χ1v) is 2.75. The molecular formula is C5H12ClNO2. The highest BCUT2D eigenvalue weighted by atomic mass is 35.5. The van der Waals surface area contributed by atoms with Crippen LogP contribution < -0.4 is 0 Å². The highest BCUT2D eigenvalue weighted by Gasteiger charge is 2.26. The Morgan fingerprint density at radius 2 is 1.56 bits per heavy atom. The van der Waals surface area contributed by atoms with Crippen LogP contribution in [-0.2, 0) is 0 Å². The summed E-state index contributed by atoms with van der Waals surface area (Å²) in [5.74, 6) is 0. The third-order valence-electron chi connectivity index (χ3n) is 1.44. The molecule has 9 heavy (non-hydrogen) atoms. The minimum Gasteiger partial charge on any atom is -0.389 e. The smallest absolute Gasteiger partial charge is 0.0938 e. The Labute approximate surface area is 60.7 Å². The first-order chi connectivity index (χ1) is 3.70. The van der Waals surface area contributed by atoms with Crippen molar-refractivity contribution in [3.8, 4) is 0 Å². The van der Waals surface area contributed by atoms with E-state index in [2.05, 4.69) is 0 Å². The van der Waals surface area contributed by atoms with Crippen molar-refractivity contribution in [3.05, 3.63) is 0 Å². The third kappa shape index (κ3) is 2.10. The number of aliphatic hydroxyl groups is 2. The van der Waals surface area contributed by atoms with E-state index in [1.54, 1.807) is 0 Å². The van der Waals surface area contributed by atoms with Crippen molar-refractivity contribution in [1.29, 1.82) is 0 Å². The third-order valence-corrected chi connectivity index (χ3v) is 1.44. The van der Waals surface area contributed by atoms with Gasteiger partial charge in [-0.2, -0.15) is 0 Å². The van der Waals surface area contributed by atoms with Gasteiger partial charge >= 0.3 is 0 Å². The number of aliphatic hydroxyl groups excluding tert-OH is 2. The molecule has 0 aliphatic carbocycles. The number of rotatable bonds is 0. The molecule has 3 nitrogen and oxygen atoms in total. The zero-order valence-corrected chi connectivity index (χ0v) is 6.14. The molecular weight excluding hydrogens is 142 g/mol. The fraction of sp³-hybridized carbons (Fsp3) is 1.00. The highest BCUT2D eigenvalue weighted by Crippen LogP contribution is 2.05. The van der Waals surface area contributed by atoms with Crippen molar-refractivity contribution in [2.24, 2.45) is 0 Å². The van der Waals surface area contributed by atoms with E-state index in [1.807, 2.05) is 11.9 Å². The van der Waals surface area contributed by atoms with E-state index in [0.717, 1.165) is 0 Å². The molecule has 0 radical (unpaired) electrons. The predicted molar refractivity (Wildman–Crippen MR) is 36.8 cm³/mol. The maximum absolute atomic E-state index is 8.88. The molecule has 2 N–H and O–H groups in total. The first kappa shape index (κ1) is 9.17. The van der Waals surface area contributed by atoms with Crippen LogP contribution >= 0.6 is 12.4 Å². The van der Waals surface area contributed by atoms with E-state index >= 15 is 0 Å². The minimum atomic E-state index is -0.528. The summed E-state index contributed by atoms with van der Waals surface area (Å²) in [5, 5.41) is 17.8. The second-order valence-electron chi connectivity index (χ2n) is 2.36. The Morgan fingerprint density at radius 1 is 1.22 bits per heavy atom. The van der Waals surface area contributed by atoms with Gasteiger partial charge in [0.25, 0.3) is 0 Å². The number of halogens is 1. The Kier molecular flexibility index (Phi) is 3.43. The van der Waals surface area contributed by atoms with Crippen molar-refractivity contribution in [1.82, 2.24) is 4.90 Å². The van der Waals surface area contributed by atoms with Crippen molar-refractivity contribution >= 4 is 12.4 Å². The lowest BCUT2D eigenvalue weighted by Gasteiger charge is -2.02. The SMILES string of the molecule is CN1C[C@@H](O)[C@@H](O)C1.Cl. The van der Waals surface area contributed by atoms with Crippen molar-refractivity contribution < 1.29 is 10.2 Å². The Balaban J connectivity index is 0.000000640. The Hall–Kier alpha value is 0.170. The van der Waals surface area contributed by atoms with Gasteiger partial charge in [0.2, 0.25) is 0 Å². The molecule has 1 aliphatic heterocycles. The molecule has 2 atom stereocenters. The average molecular weight is 154 g/mol. The molecule has 56 valence electrons. The lowest BCUT2D eigenvalue weighted by atomic mass is 10.3. The summed E-state index contributed by atoms with van der Waals surface area (Å²) >= 11 is 0. The normalized spacial score (nSPS) is 36.3. The summed E-state index contributed by atoms with van der Waals surface area (Å²) < 4.78 is 0. The van der Waals surface area contributed by atoms with Gasteiger partial charge < -0.3 is 15.1 Å². The molecule has 0 unspecified atom stereocenters. The molecule has 0 spiro atoms. The summed E-state index contributed by atoms with van der Waals surface area (Å²) in [6, 6.07) is 0. The van der Waals surface area contributed by atoms with Gasteiger partial charge in [0.1, 0.15) is 0 Å². The molecule has 1 fully saturated rings. The summed E-state index contributed by atoms with van der Waals surface area (Å²) in [6.45, 7) is 1.20. The van der Waals surface area contributed by atoms with Crippen LogP contribution in [0.1, 0.15) is 0 Å². The Morgan fingerprint density at radius 3 is 1.67 bits per heavy atom. The van der Waals surface area contributed by atoms with Crippen LogP contribution in [0.2, 0.25) is 0 Å². The zero-order chi connectivity index (χ0) is 6.15. The molecule has 1 heterocycles. The van der Waals surface area contributed by atoms with Gasteiger partial charge in [-0.15, -0.1) is 12.4 Å². The van der Waals surface area contributed by atoms with Crippen molar-refractivity contribution in [2.75, 3.05) is 20.1 Å². The van der Waals surface area contributed by atoms with E-state index in [0.29, 0.717) is 13.1 Å². The lowest BCUT2D eigenvalue weighted by molar-refractivity contribution is 0.0572. The summed E-state index contributed by atoms with van der Waals surface area (Å²) in [6.07, 6.45) is -1.06. The average Bonchev–Trinajstić information content (AvgIpc) is 1.85. The van der Waals surface area contributed by atoms with Gasteiger partial charge in [-0.25, -0.2) is 0 Å². The molecule has 0 aromatic heterocycles. The number of β-amino-alcohol motifs (C(OH)–C–C–N with tert-alkyl or cyclic N) is 2. The fourth-order valence-electron chi connectivity index (χ4n) is 0.957. The zero-order valence-electron chi connectivity index (χ0n) is 5.32. The quantitative estimate of drug-likeness (QED) is 0.473. The summed E-state index contributed by atoms with van der Waals surface area (Å²) in [7, 11) is 1.87. The van der Waals surface area contributed by atoms with Gasteiger partial charge in [0.15, 0.2) is 0 Å². The molecule has 4 heteroatoms. The van der Waals surface area contributed by atoms with E-state index in [1.165, 1.54) is 0 Å². The van der Waals surface area contributed by atoms with Gasteiger partial charge in [0.05, 0.1) is 12.2 Å². The van der Waals surface area contributed by atoms with Crippen molar-refractivity contribution in [3.63, 3.8) is 0 Å². The van der Waals surface area contributed by atoms with E-state index in [9.17, 15) is 0 Å². The highest BCUT2D eigenvalue weighted by molar-refractivity contribution is 5.85.